The molecule has 1 aliphatic heterocycles. The Morgan fingerprint density at radius 1 is 0.955 bits per heavy atom. The summed E-state index contributed by atoms with van der Waals surface area (Å²) in [6.45, 7) is 4.14. The van der Waals surface area contributed by atoms with E-state index in [2.05, 4.69) is 37.1 Å². The number of hydrogen-bond acceptors (Lipinski definition) is 2. The van der Waals surface area contributed by atoms with E-state index in [0.29, 0.717) is 0 Å². The molecule has 4 nitrogen and oxygen atoms in total. The van der Waals surface area contributed by atoms with Crippen LogP contribution in [0.25, 0.3) is 0 Å². The molecule has 2 amide bonds. The summed E-state index contributed by atoms with van der Waals surface area (Å²) in [6, 6.07) is 14.1. The summed E-state index contributed by atoms with van der Waals surface area (Å²) in [4.78, 5) is 14.0. The van der Waals surface area contributed by atoms with E-state index in [0.717, 1.165) is 22.5 Å². The van der Waals surface area contributed by atoms with Gasteiger partial charge in [0.15, 0.2) is 0 Å². The fraction of sp³-hybridized carbons (Fsp3) is 0.222. The monoisotopic (exact) mass is 293 g/mol. The summed E-state index contributed by atoms with van der Waals surface area (Å²) < 4.78 is 0. The predicted octanol–water partition coefficient (Wildman–Crippen LogP) is 3.56. The molecular weight excluding hydrogens is 274 g/mol. The molecule has 0 saturated heterocycles. The summed E-state index contributed by atoms with van der Waals surface area (Å²) >= 11 is 0. The number of rotatable bonds is 1. The minimum absolute atomic E-state index is 0.146. The van der Waals surface area contributed by atoms with Crippen LogP contribution >= 0.6 is 0 Å². The Bertz CT molecular complexity index is 759. The van der Waals surface area contributed by atoms with Gasteiger partial charge in [-0.3, -0.25) is 4.90 Å². The number of urea groups is 1. The van der Waals surface area contributed by atoms with Crippen LogP contribution in [0.5, 0.6) is 0 Å². The molecule has 0 N–H and O–H groups in total. The first-order valence-corrected chi connectivity index (χ1v) is 7.25. The van der Waals surface area contributed by atoms with Crippen LogP contribution < -0.4 is 4.90 Å². The highest BCUT2D eigenvalue weighted by atomic mass is 16.2. The molecule has 0 atom stereocenters. The molecule has 4 heteroatoms. The average Bonchev–Trinajstić information content (AvgIpc) is 2.58. The first-order valence-electron chi connectivity index (χ1n) is 7.25. The molecular formula is C18H19N3O. The Hall–Kier alpha value is -2.62. The molecule has 112 valence electrons. The molecule has 0 aromatic heterocycles. The van der Waals surface area contributed by atoms with Gasteiger partial charge in [-0.15, -0.1) is 0 Å². The Morgan fingerprint density at radius 2 is 1.59 bits per heavy atom. The normalized spacial score (nSPS) is 14.5. The lowest BCUT2D eigenvalue weighted by atomic mass is 9.97. The predicted molar refractivity (Wildman–Crippen MR) is 89.6 cm³/mol. The van der Waals surface area contributed by atoms with Crippen LogP contribution in [0.15, 0.2) is 47.6 Å². The van der Waals surface area contributed by atoms with Gasteiger partial charge in [0.25, 0.3) is 0 Å². The van der Waals surface area contributed by atoms with E-state index in [1.807, 2.05) is 24.3 Å². The van der Waals surface area contributed by atoms with E-state index in [9.17, 15) is 4.79 Å². The highest BCUT2D eigenvalue weighted by molar-refractivity contribution is 6.18. The van der Waals surface area contributed by atoms with Crippen molar-refractivity contribution in [1.82, 2.24) is 5.01 Å². The van der Waals surface area contributed by atoms with Crippen LogP contribution in [0.2, 0.25) is 0 Å². The number of hydrogen-bond donors (Lipinski definition) is 0. The lowest BCUT2D eigenvalue weighted by molar-refractivity contribution is 0.219. The van der Waals surface area contributed by atoms with Crippen molar-refractivity contribution in [2.75, 3.05) is 19.0 Å². The number of carbonyl (C=O) groups excluding carboxylic acids is 1. The standard InChI is InChI=1S/C18H19N3O/c1-12-9-13(2)11-14(10-12)17-15-7-5-6-8-16(15)20(3)18(22)21(4)19-17/h5-11H,1-4H3. The molecule has 1 heterocycles. The number of hydrazone groups is 1. The van der Waals surface area contributed by atoms with Crippen molar-refractivity contribution in [1.29, 1.82) is 0 Å². The highest BCUT2D eigenvalue weighted by Gasteiger charge is 2.25. The van der Waals surface area contributed by atoms with Gasteiger partial charge in [0.1, 0.15) is 5.71 Å². The number of carbonyl (C=O) groups is 1. The van der Waals surface area contributed by atoms with Gasteiger partial charge in [-0.25, -0.2) is 9.80 Å². The zero-order valence-corrected chi connectivity index (χ0v) is 13.3. The minimum atomic E-state index is -0.146. The SMILES string of the molecule is Cc1cc(C)cc(C2=NN(C)C(=O)N(C)c3ccccc32)c1. The number of benzene rings is 2. The third kappa shape index (κ3) is 2.37. The van der Waals surface area contributed by atoms with E-state index in [1.54, 1.807) is 19.0 Å². The number of fused-ring (bicyclic) bond motifs is 1. The molecule has 2 aromatic carbocycles. The van der Waals surface area contributed by atoms with Crippen molar-refractivity contribution in [3.8, 4) is 0 Å². The van der Waals surface area contributed by atoms with Crippen LogP contribution in [-0.4, -0.2) is 30.8 Å². The van der Waals surface area contributed by atoms with Gasteiger partial charge in [0.05, 0.1) is 5.69 Å². The second kappa shape index (κ2) is 5.30. The third-order valence-electron chi connectivity index (χ3n) is 3.83. The van der Waals surface area contributed by atoms with E-state index in [1.165, 1.54) is 16.1 Å². The Kier molecular flexibility index (Phi) is 3.45. The topological polar surface area (TPSA) is 35.9 Å². The fourth-order valence-electron chi connectivity index (χ4n) is 2.86. The van der Waals surface area contributed by atoms with E-state index in [-0.39, 0.29) is 6.03 Å². The summed E-state index contributed by atoms with van der Waals surface area (Å²) in [7, 11) is 3.46. The number of para-hydroxylation sites is 1. The van der Waals surface area contributed by atoms with Crippen LogP contribution in [0.3, 0.4) is 0 Å². The van der Waals surface area contributed by atoms with Crippen LogP contribution in [0.4, 0.5) is 10.5 Å². The average molecular weight is 293 g/mol. The van der Waals surface area contributed by atoms with Crippen molar-refractivity contribution in [3.63, 3.8) is 0 Å². The molecule has 0 fully saturated rings. The van der Waals surface area contributed by atoms with Gasteiger partial charge >= 0.3 is 6.03 Å². The fourth-order valence-corrected chi connectivity index (χ4v) is 2.86. The van der Waals surface area contributed by atoms with Gasteiger partial charge < -0.3 is 0 Å². The summed E-state index contributed by atoms with van der Waals surface area (Å²) in [5.41, 5.74) is 6.05. The number of nitrogens with zero attached hydrogens (tertiary/aromatic N) is 3. The van der Waals surface area contributed by atoms with E-state index < -0.39 is 0 Å². The van der Waals surface area contributed by atoms with Gasteiger partial charge in [-0.2, -0.15) is 5.10 Å². The summed E-state index contributed by atoms with van der Waals surface area (Å²) in [5, 5.41) is 5.96. The lowest BCUT2D eigenvalue weighted by Crippen LogP contribution is -2.34. The molecule has 1 aliphatic rings. The highest BCUT2D eigenvalue weighted by Crippen LogP contribution is 2.27. The number of anilines is 1. The van der Waals surface area contributed by atoms with Crippen molar-refractivity contribution < 1.29 is 4.79 Å². The van der Waals surface area contributed by atoms with Crippen molar-refractivity contribution in [2.45, 2.75) is 13.8 Å². The second-order valence-electron chi connectivity index (χ2n) is 5.71. The molecule has 3 rings (SSSR count). The van der Waals surface area contributed by atoms with Crippen molar-refractivity contribution in [2.24, 2.45) is 5.10 Å². The third-order valence-corrected chi connectivity index (χ3v) is 3.83. The first kappa shape index (κ1) is 14.3. The van der Waals surface area contributed by atoms with Crippen LogP contribution in [0.1, 0.15) is 22.3 Å². The summed E-state index contributed by atoms with van der Waals surface area (Å²) in [5.74, 6) is 0. The van der Waals surface area contributed by atoms with Gasteiger partial charge in [-0.05, 0) is 32.0 Å². The zero-order valence-electron chi connectivity index (χ0n) is 13.3. The van der Waals surface area contributed by atoms with Crippen LogP contribution in [0, 0.1) is 13.8 Å². The van der Waals surface area contributed by atoms with Gasteiger partial charge in [-0.1, -0.05) is 35.4 Å². The Labute approximate surface area is 130 Å². The molecule has 0 unspecified atom stereocenters. The van der Waals surface area contributed by atoms with Crippen LogP contribution in [-0.2, 0) is 0 Å². The summed E-state index contributed by atoms with van der Waals surface area (Å²) in [6.07, 6.45) is 0. The molecule has 0 radical (unpaired) electrons. The number of amides is 2. The first-order chi connectivity index (χ1) is 10.5. The molecule has 0 bridgehead atoms. The smallest absolute Gasteiger partial charge is 0.295 e. The van der Waals surface area contributed by atoms with Gasteiger partial charge in [0, 0.05) is 25.2 Å². The maximum absolute atomic E-state index is 12.4. The Balaban J connectivity index is 2.26. The second-order valence-corrected chi connectivity index (χ2v) is 5.71. The molecule has 0 aliphatic carbocycles. The van der Waals surface area contributed by atoms with E-state index in [4.69, 9.17) is 0 Å². The lowest BCUT2D eigenvalue weighted by Gasteiger charge is -2.19. The maximum atomic E-state index is 12.4. The minimum Gasteiger partial charge on any atom is -0.295 e. The Morgan fingerprint density at radius 3 is 2.27 bits per heavy atom. The van der Waals surface area contributed by atoms with E-state index >= 15 is 0 Å². The quantitative estimate of drug-likeness (QED) is 0.792. The van der Waals surface area contributed by atoms with Crippen molar-refractivity contribution >= 4 is 17.4 Å². The zero-order chi connectivity index (χ0) is 15.9. The number of aryl methyl sites for hydroxylation is 2. The largest absolute Gasteiger partial charge is 0.344 e. The molecule has 0 spiro atoms. The van der Waals surface area contributed by atoms with Crippen molar-refractivity contribution in [3.05, 3.63) is 64.7 Å². The van der Waals surface area contributed by atoms with Gasteiger partial charge in [0.2, 0.25) is 0 Å². The molecule has 2 aromatic rings. The molecule has 22 heavy (non-hydrogen) atoms. The molecule has 0 saturated carbocycles. The maximum Gasteiger partial charge on any atom is 0.344 e.